The number of unbranched alkanes of at least 4 members (excludes halogenated alkanes) is 1. The third-order valence-corrected chi connectivity index (χ3v) is 2.94. The third-order valence-electron chi connectivity index (χ3n) is 2.94. The van der Waals surface area contributed by atoms with Gasteiger partial charge in [-0.1, -0.05) is 64.7 Å². The standard InChI is InChI=1S/C12H23/c1-2-3-9-12-10-7-5-4-6-8-11-12/h9,12H,2-8,10-11H2,1H3. The van der Waals surface area contributed by atoms with E-state index in [0.29, 0.717) is 0 Å². The van der Waals surface area contributed by atoms with Crippen LogP contribution in [0.2, 0.25) is 0 Å². The van der Waals surface area contributed by atoms with Crippen molar-refractivity contribution < 1.29 is 0 Å². The molecule has 0 bridgehead atoms. The molecule has 0 aliphatic heterocycles. The lowest BCUT2D eigenvalue weighted by atomic mass is 9.88. The van der Waals surface area contributed by atoms with Gasteiger partial charge in [0.1, 0.15) is 0 Å². The molecule has 0 unspecified atom stereocenters. The van der Waals surface area contributed by atoms with Crippen molar-refractivity contribution in [3.05, 3.63) is 6.42 Å². The number of hydrogen-bond donors (Lipinski definition) is 0. The second-order valence-electron chi connectivity index (χ2n) is 4.13. The Balaban J connectivity index is 2.11. The minimum absolute atomic E-state index is 0.963. The summed E-state index contributed by atoms with van der Waals surface area (Å²) in [6.45, 7) is 2.28. The lowest BCUT2D eigenvalue weighted by Gasteiger charge is -2.18. The Morgan fingerprint density at radius 2 is 1.58 bits per heavy atom. The van der Waals surface area contributed by atoms with Gasteiger partial charge in [-0.2, -0.15) is 0 Å². The average molecular weight is 167 g/mol. The summed E-state index contributed by atoms with van der Waals surface area (Å²) in [5.74, 6) is 0.963. The minimum Gasteiger partial charge on any atom is -0.0654 e. The van der Waals surface area contributed by atoms with Gasteiger partial charge in [0.15, 0.2) is 0 Å². The van der Waals surface area contributed by atoms with Gasteiger partial charge in [-0.15, -0.1) is 0 Å². The van der Waals surface area contributed by atoms with Crippen molar-refractivity contribution in [3.63, 3.8) is 0 Å². The molecule has 0 N–H and O–H groups in total. The predicted molar refractivity (Wildman–Crippen MR) is 55.0 cm³/mol. The van der Waals surface area contributed by atoms with Crippen molar-refractivity contribution in [1.82, 2.24) is 0 Å². The zero-order valence-corrected chi connectivity index (χ0v) is 8.52. The smallest absolute Gasteiger partial charge is 0.0355 e. The first-order valence-electron chi connectivity index (χ1n) is 5.77. The Morgan fingerprint density at radius 1 is 1.00 bits per heavy atom. The zero-order chi connectivity index (χ0) is 8.65. The second-order valence-corrected chi connectivity index (χ2v) is 4.13. The van der Waals surface area contributed by atoms with Crippen LogP contribution < -0.4 is 0 Å². The molecule has 1 saturated carbocycles. The molecule has 12 heavy (non-hydrogen) atoms. The van der Waals surface area contributed by atoms with Crippen molar-refractivity contribution in [2.45, 2.75) is 64.7 Å². The highest BCUT2D eigenvalue weighted by atomic mass is 14.2. The highest BCUT2D eigenvalue weighted by Crippen LogP contribution is 2.25. The molecule has 0 amide bonds. The molecule has 0 spiro atoms. The maximum atomic E-state index is 2.57. The van der Waals surface area contributed by atoms with Gasteiger partial charge >= 0.3 is 0 Å². The molecule has 1 aliphatic carbocycles. The van der Waals surface area contributed by atoms with Crippen LogP contribution in [0.15, 0.2) is 0 Å². The molecule has 1 fully saturated rings. The van der Waals surface area contributed by atoms with E-state index in [2.05, 4.69) is 13.3 Å². The number of hydrogen-bond acceptors (Lipinski definition) is 0. The minimum atomic E-state index is 0.963. The van der Waals surface area contributed by atoms with Crippen LogP contribution in [-0.2, 0) is 0 Å². The van der Waals surface area contributed by atoms with Gasteiger partial charge in [-0.05, 0) is 12.3 Å². The summed E-state index contributed by atoms with van der Waals surface area (Å²) < 4.78 is 0. The van der Waals surface area contributed by atoms with Gasteiger partial charge in [-0.25, -0.2) is 0 Å². The fourth-order valence-electron chi connectivity index (χ4n) is 2.13. The molecule has 71 valence electrons. The molecule has 1 radical (unpaired) electrons. The van der Waals surface area contributed by atoms with Crippen LogP contribution in [0.4, 0.5) is 0 Å². The molecule has 0 heterocycles. The summed E-state index contributed by atoms with van der Waals surface area (Å²) in [7, 11) is 0. The molecule has 0 heteroatoms. The first-order chi connectivity index (χ1) is 5.93. The molecule has 0 aromatic carbocycles. The van der Waals surface area contributed by atoms with Gasteiger partial charge in [0.2, 0.25) is 0 Å². The topological polar surface area (TPSA) is 0 Å². The fraction of sp³-hybridized carbons (Fsp3) is 0.917. The van der Waals surface area contributed by atoms with Crippen LogP contribution >= 0.6 is 0 Å². The summed E-state index contributed by atoms with van der Waals surface area (Å²) in [5, 5.41) is 0. The molecule has 0 aromatic heterocycles. The Bertz CT molecular complexity index is 85.5. The van der Waals surface area contributed by atoms with E-state index in [1.165, 1.54) is 57.8 Å². The highest BCUT2D eigenvalue weighted by Gasteiger charge is 2.10. The van der Waals surface area contributed by atoms with E-state index in [-0.39, 0.29) is 0 Å². The van der Waals surface area contributed by atoms with Gasteiger partial charge in [0, 0.05) is 0 Å². The van der Waals surface area contributed by atoms with Crippen LogP contribution in [0.3, 0.4) is 0 Å². The Hall–Kier alpha value is 0. The molecular weight excluding hydrogens is 144 g/mol. The van der Waals surface area contributed by atoms with E-state index < -0.39 is 0 Å². The molecule has 1 aliphatic rings. The summed E-state index contributed by atoms with van der Waals surface area (Å²) >= 11 is 0. The van der Waals surface area contributed by atoms with Gasteiger partial charge < -0.3 is 0 Å². The molecule has 0 aromatic rings. The normalized spacial score (nSPS) is 21.8. The van der Waals surface area contributed by atoms with E-state index in [1.54, 1.807) is 0 Å². The van der Waals surface area contributed by atoms with Crippen LogP contribution in [-0.4, -0.2) is 0 Å². The predicted octanol–water partition coefficient (Wildman–Crippen LogP) is 4.35. The molecule has 0 saturated heterocycles. The first kappa shape index (κ1) is 10.1. The Morgan fingerprint density at radius 3 is 2.17 bits per heavy atom. The second kappa shape index (κ2) is 6.51. The van der Waals surface area contributed by atoms with E-state index in [4.69, 9.17) is 0 Å². The van der Waals surface area contributed by atoms with Crippen LogP contribution in [0, 0.1) is 12.3 Å². The zero-order valence-electron chi connectivity index (χ0n) is 8.52. The molecule has 1 rings (SSSR count). The van der Waals surface area contributed by atoms with Crippen molar-refractivity contribution >= 4 is 0 Å². The SMILES string of the molecule is CCC[CH]C1CCCCCCC1. The van der Waals surface area contributed by atoms with Gasteiger partial charge in [0.05, 0.1) is 0 Å². The Labute approximate surface area is 77.7 Å². The van der Waals surface area contributed by atoms with E-state index in [9.17, 15) is 0 Å². The summed E-state index contributed by atoms with van der Waals surface area (Å²) in [5.41, 5.74) is 0. The van der Waals surface area contributed by atoms with E-state index >= 15 is 0 Å². The monoisotopic (exact) mass is 167 g/mol. The average Bonchev–Trinajstić information content (AvgIpc) is 2.02. The van der Waals surface area contributed by atoms with Gasteiger partial charge in [0.25, 0.3) is 0 Å². The van der Waals surface area contributed by atoms with Crippen molar-refractivity contribution in [3.8, 4) is 0 Å². The van der Waals surface area contributed by atoms with Crippen molar-refractivity contribution in [2.75, 3.05) is 0 Å². The highest BCUT2D eigenvalue weighted by molar-refractivity contribution is 4.77. The first-order valence-corrected chi connectivity index (χ1v) is 5.77. The maximum absolute atomic E-state index is 2.57. The van der Waals surface area contributed by atoms with Crippen LogP contribution in [0.1, 0.15) is 64.7 Å². The largest absolute Gasteiger partial charge is 0.0654 e. The number of rotatable bonds is 3. The summed E-state index contributed by atoms with van der Waals surface area (Å²) in [6, 6.07) is 0. The lowest BCUT2D eigenvalue weighted by molar-refractivity contribution is 0.407. The summed E-state index contributed by atoms with van der Waals surface area (Å²) in [4.78, 5) is 0. The van der Waals surface area contributed by atoms with Crippen molar-refractivity contribution in [2.24, 2.45) is 5.92 Å². The van der Waals surface area contributed by atoms with Crippen LogP contribution in [0.5, 0.6) is 0 Å². The maximum Gasteiger partial charge on any atom is -0.0355 e. The van der Waals surface area contributed by atoms with E-state index in [1.807, 2.05) is 0 Å². The van der Waals surface area contributed by atoms with E-state index in [0.717, 1.165) is 5.92 Å². The van der Waals surface area contributed by atoms with Gasteiger partial charge in [-0.3, -0.25) is 0 Å². The van der Waals surface area contributed by atoms with Crippen molar-refractivity contribution in [1.29, 1.82) is 0 Å². The van der Waals surface area contributed by atoms with Crippen LogP contribution in [0.25, 0.3) is 0 Å². The fourth-order valence-corrected chi connectivity index (χ4v) is 2.13. The Kier molecular flexibility index (Phi) is 5.47. The lowest BCUT2D eigenvalue weighted by Crippen LogP contribution is -2.04. The third kappa shape index (κ3) is 4.13. The quantitative estimate of drug-likeness (QED) is 0.586. The molecule has 0 nitrogen and oxygen atoms in total. The molecule has 0 atom stereocenters. The summed E-state index contributed by atoms with van der Waals surface area (Å²) in [6.07, 6.45) is 15.6. The molecular formula is C12H23.